The second-order valence-corrected chi connectivity index (χ2v) is 16.0. The lowest BCUT2D eigenvalue weighted by molar-refractivity contribution is 0.156. The van der Waals surface area contributed by atoms with Gasteiger partial charge in [0.25, 0.3) is 0 Å². The molecule has 1 aliphatic heterocycles. The summed E-state index contributed by atoms with van der Waals surface area (Å²) >= 11 is 0. The van der Waals surface area contributed by atoms with Crippen LogP contribution in [0.1, 0.15) is 62.3 Å². The molecule has 0 unspecified atom stereocenters. The highest BCUT2D eigenvalue weighted by atomic mass is 15.0. The lowest BCUT2D eigenvalue weighted by Crippen LogP contribution is -2.41. The zero-order valence-electron chi connectivity index (χ0n) is 28.1. The van der Waals surface area contributed by atoms with Gasteiger partial charge in [0, 0.05) is 16.7 Å². The molecule has 3 aromatic carbocycles. The first-order valence-corrected chi connectivity index (χ1v) is 16.1. The summed E-state index contributed by atoms with van der Waals surface area (Å²) in [5.41, 5.74) is 6.86. The molecule has 43 heavy (non-hydrogen) atoms. The summed E-state index contributed by atoms with van der Waals surface area (Å²) < 4.78 is 0. The van der Waals surface area contributed by atoms with Crippen molar-refractivity contribution in [3.8, 4) is 34.2 Å². The fourth-order valence-corrected chi connectivity index (χ4v) is 6.55. The average molecular weight is 569 g/mol. The molecule has 0 N–H and O–H groups in total. The summed E-state index contributed by atoms with van der Waals surface area (Å²) in [5, 5.41) is 0. The van der Waals surface area contributed by atoms with Crippen LogP contribution in [-0.4, -0.2) is 28.4 Å². The third kappa shape index (κ3) is 6.52. The molecule has 2 heterocycles. The Labute approximate surface area is 261 Å². The number of nitrogens with zero attached hydrogens (tertiary/aromatic N) is 3. The summed E-state index contributed by atoms with van der Waals surface area (Å²) in [4.78, 5) is 15.2. The van der Waals surface area contributed by atoms with Crippen LogP contribution in [0.2, 0.25) is 25.8 Å². The van der Waals surface area contributed by atoms with E-state index in [9.17, 15) is 0 Å². The minimum atomic E-state index is 0.189. The molecular formula is C38H49B2N3. The van der Waals surface area contributed by atoms with Gasteiger partial charge < -0.3 is 0 Å². The van der Waals surface area contributed by atoms with Gasteiger partial charge in [-0.15, -0.1) is 0 Å². The van der Waals surface area contributed by atoms with Crippen molar-refractivity contribution in [3.63, 3.8) is 0 Å². The maximum atomic E-state index is 5.12. The van der Waals surface area contributed by atoms with Crippen molar-refractivity contribution in [1.29, 1.82) is 0 Å². The van der Waals surface area contributed by atoms with Gasteiger partial charge in [-0.05, 0) is 21.7 Å². The number of hydrogen-bond donors (Lipinski definition) is 0. The molecule has 0 saturated carbocycles. The van der Waals surface area contributed by atoms with Crippen molar-refractivity contribution in [1.82, 2.24) is 15.0 Å². The third-order valence-electron chi connectivity index (χ3n) is 11.2. The van der Waals surface area contributed by atoms with Crippen LogP contribution in [0, 0.1) is 21.7 Å². The van der Waals surface area contributed by atoms with Crippen molar-refractivity contribution in [2.24, 2.45) is 21.7 Å². The molecule has 222 valence electrons. The molecule has 5 heteroatoms. The maximum Gasteiger partial charge on any atom is 0.176 e. The first-order chi connectivity index (χ1) is 20.1. The topological polar surface area (TPSA) is 38.7 Å². The molecule has 3 nitrogen and oxygen atoms in total. The third-order valence-corrected chi connectivity index (χ3v) is 11.2. The standard InChI is InChI=1S/C38H49B2N3/c1-35(2,3)36(4,5)24-39(10)30-21-29(22-31(23-30)40-25-37(6,7)38(8,9)26-40)34-42-32(27-17-13-11-14-18-27)41-33(43-34)28-19-15-12-16-20-28/h11-23H,24-26H2,1-10H3. The Morgan fingerprint density at radius 3 is 1.53 bits per heavy atom. The lowest BCUT2D eigenvalue weighted by Gasteiger charge is -2.40. The fraction of sp³-hybridized carbons (Fsp3) is 0.447. The van der Waals surface area contributed by atoms with Gasteiger partial charge >= 0.3 is 0 Å². The Bertz CT molecular complexity index is 1500. The van der Waals surface area contributed by atoms with E-state index >= 15 is 0 Å². The molecule has 0 aliphatic carbocycles. The van der Waals surface area contributed by atoms with Gasteiger partial charge in [-0.3, -0.25) is 0 Å². The Balaban J connectivity index is 1.67. The molecule has 1 saturated heterocycles. The Kier molecular flexibility index (Phi) is 8.26. The summed E-state index contributed by atoms with van der Waals surface area (Å²) in [5.74, 6) is 2.16. The molecule has 0 spiro atoms. The van der Waals surface area contributed by atoms with Crippen LogP contribution in [0.4, 0.5) is 0 Å². The molecule has 1 aliphatic rings. The number of benzene rings is 3. The number of aromatic nitrogens is 3. The summed E-state index contributed by atoms with van der Waals surface area (Å²) in [6.45, 7) is 25.0. The molecule has 5 rings (SSSR count). The van der Waals surface area contributed by atoms with Crippen LogP contribution in [0.25, 0.3) is 34.2 Å². The highest BCUT2D eigenvalue weighted by Gasteiger charge is 2.48. The second-order valence-electron chi connectivity index (χ2n) is 16.0. The van der Waals surface area contributed by atoms with Crippen molar-refractivity contribution < 1.29 is 0 Å². The van der Waals surface area contributed by atoms with Gasteiger partial charge in [0.15, 0.2) is 30.9 Å². The zero-order valence-corrected chi connectivity index (χ0v) is 28.1. The van der Waals surface area contributed by atoms with E-state index in [0.717, 1.165) is 28.8 Å². The SMILES string of the molecule is CB(CC(C)(C)C(C)(C)C)c1cc(B2CC(C)(C)C(C)(C)C2)cc(-c2nc(-c3ccccc3)nc(-c3ccccc3)n2)c1. The van der Waals surface area contributed by atoms with Crippen LogP contribution < -0.4 is 10.9 Å². The minimum Gasteiger partial charge on any atom is -0.208 e. The van der Waals surface area contributed by atoms with Crippen molar-refractivity contribution in [2.75, 3.05) is 0 Å². The average Bonchev–Trinajstić information content (AvgIpc) is 3.19. The highest BCUT2D eigenvalue weighted by Crippen LogP contribution is 2.52. The molecule has 0 bridgehead atoms. The number of hydrogen-bond acceptors (Lipinski definition) is 3. The zero-order chi connectivity index (χ0) is 31.2. The van der Waals surface area contributed by atoms with Gasteiger partial charge in [0.2, 0.25) is 0 Å². The molecule has 1 fully saturated rings. The van der Waals surface area contributed by atoms with Gasteiger partial charge in [-0.25, -0.2) is 15.0 Å². The van der Waals surface area contributed by atoms with Crippen LogP contribution in [0.3, 0.4) is 0 Å². The van der Waals surface area contributed by atoms with E-state index in [1.807, 2.05) is 36.4 Å². The van der Waals surface area contributed by atoms with E-state index in [-0.39, 0.29) is 21.7 Å². The van der Waals surface area contributed by atoms with Crippen molar-refractivity contribution >= 4 is 24.4 Å². The van der Waals surface area contributed by atoms with Gasteiger partial charge in [0.1, 0.15) is 0 Å². The van der Waals surface area contributed by atoms with Gasteiger partial charge in [0.05, 0.1) is 0 Å². The van der Waals surface area contributed by atoms with Crippen molar-refractivity contribution in [2.45, 2.75) is 88.1 Å². The summed E-state index contributed by atoms with van der Waals surface area (Å²) in [6, 6.07) is 27.8. The Morgan fingerprint density at radius 1 is 0.651 bits per heavy atom. The predicted molar refractivity (Wildman–Crippen MR) is 188 cm³/mol. The van der Waals surface area contributed by atoms with E-state index in [1.54, 1.807) is 0 Å². The summed E-state index contributed by atoms with van der Waals surface area (Å²) in [7, 11) is 0. The lowest BCUT2D eigenvalue weighted by atomic mass is 9.36. The Hall–Kier alpha value is -3.20. The predicted octanol–water partition coefficient (Wildman–Crippen LogP) is 9.04. The normalized spacial score (nSPS) is 16.4. The van der Waals surface area contributed by atoms with E-state index in [1.165, 1.54) is 23.6 Å². The first-order valence-electron chi connectivity index (χ1n) is 16.1. The van der Waals surface area contributed by atoms with Crippen LogP contribution in [-0.2, 0) is 0 Å². The number of rotatable bonds is 7. The molecule has 4 aromatic rings. The fourth-order valence-electron chi connectivity index (χ4n) is 6.55. The maximum absolute atomic E-state index is 5.12. The summed E-state index contributed by atoms with van der Waals surface area (Å²) in [6.07, 6.45) is 3.49. The molecule has 1 aromatic heterocycles. The van der Waals surface area contributed by atoms with E-state index in [4.69, 9.17) is 15.0 Å². The van der Waals surface area contributed by atoms with Crippen LogP contribution in [0.5, 0.6) is 0 Å². The van der Waals surface area contributed by atoms with Crippen molar-refractivity contribution in [3.05, 3.63) is 78.9 Å². The minimum absolute atomic E-state index is 0.189. The quantitative estimate of drug-likeness (QED) is 0.209. The molecule has 0 atom stereocenters. The first kappa shape index (κ1) is 31.2. The Morgan fingerprint density at radius 2 is 1.09 bits per heavy atom. The van der Waals surface area contributed by atoms with E-state index < -0.39 is 0 Å². The second kappa shape index (κ2) is 11.4. The largest absolute Gasteiger partial charge is 0.208 e. The van der Waals surface area contributed by atoms with E-state index in [0.29, 0.717) is 25.1 Å². The molecular weight excluding hydrogens is 520 g/mol. The monoisotopic (exact) mass is 569 g/mol. The molecule has 0 amide bonds. The highest BCUT2D eigenvalue weighted by molar-refractivity contribution is 6.76. The molecule has 0 radical (unpaired) electrons. The van der Waals surface area contributed by atoms with Gasteiger partial charge in [-0.1, -0.05) is 178 Å². The van der Waals surface area contributed by atoms with Crippen LogP contribution in [0.15, 0.2) is 78.9 Å². The van der Waals surface area contributed by atoms with Gasteiger partial charge in [-0.2, -0.15) is 0 Å². The smallest absolute Gasteiger partial charge is 0.176 e. The van der Waals surface area contributed by atoms with E-state index in [2.05, 4.69) is 112 Å². The van der Waals surface area contributed by atoms with Crippen LogP contribution >= 0.6 is 0 Å².